The highest BCUT2D eigenvalue weighted by Gasteiger charge is 2.23. The van der Waals surface area contributed by atoms with Crippen LogP contribution >= 0.6 is 0 Å². The number of nitrogen functional groups attached to an aromatic ring is 1. The van der Waals surface area contributed by atoms with E-state index in [1.54, 1.807) is 0 Å². The molecule has 0 aliphatic heterocycles. The second-order valence-electron chi connectivity index (χ2n) is 7.64. The minimum Gasteiger partial charge on any atom is -0.485 e. The summed E-state index contributed by atoms with van der Waals surface area (Å²) in [5.74, 6) is 1.73. The quantitative estimate of drug-likeness (QED) is 0.909. The Hall–Kier alpha value is -2.04. The lowest BCUT2D eigenvalue weighted by Crippen LogP contribution is -2.17. The van der Waals surface area contributed by atoms with Gasteiger partial charge in [-0.15, -0.1) is 5.10 Å². The number of aromatic amines is 1. The van der Waals surface area contributed by atoms with Gasteiger partial charge in [0.05, 0.1) is 0 Å². The fraction of sp³-hybridized carbons (Fsp3) is 0.529. The molecule has 0 aliphatic rings. The lowest BCUT2D eigenvalue weighted by molar-refractivity contribution is 0.288. The van der Waals surface area contributed by atoms with Crippen LogP contribution in [-0.4, -0.2) is 15.2 Å². The van der Waals surface area contributed by atoms with E-state index in [1.807, 2.05) is 6.07 Å². The maximum atomic E-state index is 5.94. The molecule has 3 N–H and O–H groups in total. The van der Waals surface area contributed by atoms with Gasteiger partial charge in [-0.05, 0) is 28.0 Å². The first-order chi connectivity index (χ1) is 10.1. The van der Waals surface area contributed by atoms with Crippen LogP contribution in [0.5, 0.6) is 5.75 Å². The molecule has 2 aromatic rings. The Morgan fingerprint density at radius 2 is 1.77 bits per heavy atom. The molecule has 5 heteroatoms. The van der Waals surface area contributed by atoms with Gasteiger partial charge in [0.25, 0.3) is 0 Å². The number of ether oxygens (including phenoxy) is 1. The molecule has 0 fully saturated rings. The molecule has 0 amide bonds. The van der Waals surface area contributed by atoms with Crippen molar-refractivity contribution in [2.45, 2.75) is 59.0 Å². The number of aromatic nitrogens is 3. The first-order valence-electron chi connectivity index (χ1n) is 7.52. The zero-order chi connectivity index (χ0) is 16.5. The van der Waals surface area contributed by atoms with Crippen LogP contribution in [0.25, 0.3) is 0 Å². The van der Waals surface area contributed by atoms with E-state index in [0.717, 1.165) is 5.75 Å². The summed E-state index contributed by atoms with van der Waals surface area (Å²) in [5, 5.41) is 6.57. The molecule has 0 spiro atoms. The number of nitrogens with zero attached hydrogens (tertiary/aromatic N) is 2. The minimum atomic E-state index is -0.00294. The van der Waals surface area contributed by atoms with Crippen molar-refractivity contribution in [2.75, 3.05) is 5.73 Å². The Kier molecular flexibility index (Phi) is 4.18. The second-order valence-corrected chi connectivity index (χ2v) is 7.64. The molecule has 1 heterocycles. The number of anilines is 1. The summed E-state index contributed by atoms with van der Waals surface area (Å²) < 4.78 is 5.94. The van der Waals surface area contributed by atoms with Crippen LogP contribution in [0.2, 0.25) is 0 Å². The molecule has 120 valence electrons. The zero-order valence-corrected chi connectivity index (χ0v) is 14.3. The topological polar surface area (TPSA) is 76.8 Å². The van der Waals surface area contributed by atoms with Gasteiger partial charge < -0.3 is 10.5 Å². The SMILES string of the molecule is CC(C)(C)c1ccc(OCc2nc(N)n[nH]2)c(C(C)(C)C)c1. The summed E-state index contributed by atoms with van der Waals surface area (Å²) in [4.78, 5) is 4.06. The van der Waals surface area contributed by atoms with Crippen LogP contribution in [-0.2, 0) is 17.4 Å². The highest BCUT2D eigenvalue weighted by Crippen LogP contribution is 2.35. The monoisotopic (exact) mass is 302 g/mol. The number of hydrogen-bond donors (Lipinski definition) is 2. The van der Waals surface area contributed by atoms with Gasteiger partial charge in [0, 0.05) is 0 Å². The molecule has 22 heavy (non-hydrogen) atoms. The Morgan fingerprint density at radius 1 is 1.09 bits per heavy atom. The van der Waals surface area contributed by atoms with Gasteiger partial charge in [-0.3, -0.25) is 5.10 Å². The molecule has 0 bridgehead atoms. The third-order valence-electron chi connectivity index (χ3n) is 3.57. The smallest absolute Gasteiger partial charge is 0.239 e. The summed E-state index contributed by atoms with van der Waals surface area (Å²) in [7, 11) is 0. The van der Waals surface area contributed by atoms with Gasteiger partial charge in [-0.25, -0.2) is 0 Å². The van der Waals surface area contributed by atoms with E-state index < -0.39 is 0 Å². The summed E-state index contributed by atoms with van der Waals surface area (Å²) in [6, 6.07) is 6.41. The number of benzene rings is 1. The van der Waals surface area contributed by atoms with Crippen LogP contribution in [0.1, 0.15) is 58.5 Å². The van der Waals surface area contributed by atoms with Crippen LogP contribution in [0.15, 0.2) is 18.2 Å². The molecule has 5 nitrogen and oxygen atoms in total. The van der Waals surface area contributed by atoms with E-state index in [4.69, 9.17) is 10.5 Å². The fourth-order valence-corrected chi connectivity index (χ4v) is 2.23. The van der Waals surface area contributed by atoms with E-state index in [1.165, 1.54) is 11.1 Å². The van der Waals surface area contributed by atoms with Gasteiger partial charge in [0.2, 0.25) is 5.95 Å². The number of hydrogen-bond acceptors (Lipinski definition) is 4. The highest BCUT2D eigenvalue weighted by atomic mass is 16.5. The number of nitrogens with two attached hydrogens (primary N) is 1. The third-order valence-corrected chi connectivity index (χ3v) is 3.57. The zero-order valence-electron chi connectivity index (χ0n) is 14.3. The molecule has 1 aromatic heterocycles. The average Bonchev–Trinajstić information content (AvgIpc) is 2.80. The van der Waals surface area contributed by atoms with E-state index in [0.29, 0.717) is 12.4 Å². The van der Waals surface area contributed by atoms with Gasteiger partial charge >= 0.3 is 0 Å². The van der Waals surface area contributed by atoms with Gasteiger partial charge in [0.1, 0.15) is 12.4 Å². The molecule has 2 rings (SSSR count). The standard InChI is InChI=1S/C17H26N4O/c1-16(2,3)11-7-8-13(12(9-11)17(4,5)6)22-10-14-19-15(18)21-20-14/h7-9H,10H2,1-6H3,(H3,18,19,20,21). The Bertz CT molecular complexity index is 647. The maximum absolute atomic E-state index is 5.94. The number of rotatable bonds is 3. The van der Waals surface area contributed by atoms with Crippen LogP contribution in [0.4, 0.5) is 5.95 Å². The Morgan fingerprint density at radius 3 is 2.27 bits per heavy atom. The molecule has 0 aliphatic carbocycles. The molecular formula is C17H26N4O. The predicted octanol–water partition coefficient (Wildman–Crippen LogP) is 3.56. The van der Waals surface area contributed by atoms with E-state index in [2.05, 4.69) is 68.9 Å². The number of H-pyrrole nitrogens is 1. The van der Waals surface area contributed by atoms with Crippen molar-refractivity contribution in [2.24, 2.45) is 0 Å². The minimum absolute atomic E-state index is 0.00294. The van der Waals surface area contributed by atoms with Crippen molar-refractivity contribution in [3.63, 3.8) is 0 Å². The summed E-state index contributed by atoms with van der Waals surface area (Å²) in [5.41, 5.74) is 8.10. The highest BCUT2D eigenvalue weighted by molar-refractivity contribution is 5.43. The fourth-order valence-electron chi connectivity index (χ4n) is 2.23. The average molecular weight is 302 g/mol. The van der Waals surface area contributed by atoms with Gasteiger partial charge in [0.15, 0.2) is 5.82 Å². The Balaban J connectivity index is 2.30. The van der Waals surface area contributed by atoms with Crippen LogP contribution in [0.3, 0.4) is 0 Å². The van der Waals surface area contributed by atoms with Crippen molar-refractivity contribution in [1.82, 2.24) is 15.2 Å². The van der Waals surface area contributed by atoms with Crippen molar-refractivity contribution < 1.29 is 4.74 Å². The summed E-state index contributed by atoms with van der Waals surface area (Å²) in [6.07, 6.45) is 0. The van der Waals surface area contributed by atoms with E-state index in [-0.39, 0.29) is 16.8 Å². The van der Waals surface area contributed by atoms with Gasteiger partial charge in [-0.2, -0.15) is 4.98 Å². The second kappa shape index (κ2) is 5.63. The largest absolute Gasteiger partial charge is 0.485 e. The van der Waals surface area contributed by atoms with E-state index >= 15 is 0 Å². The first-order valence-corrected chi connectivity index (χ1v) is 7.52. The predicted molar refractivity (Wildman–Crippen MR) is 89.0 cm³/mol. The first kappa shape index (κ1) is 16.3. The summed E-state index contributed by atoms with van der Waals surface area (Å²) in [6.45, 7) is 13.5. The van der Waals surface area contributed by atoms with Crippen molar-refractivity contribution in [3.05, 3.63) is 35.2 Å². The van der Waals surface area contributed by atoms with E-state index in [9.17, 15) is 0 Å². The third kappa shape index (κ3) is 3.78. The molecular weight excluding hydrogens is 276 g/mol. The van der Waals surface area contributed by atoms with Gasteiger partial charge in [-0.1, -0.05) is 53.7 Å². The number of nitrogens with one attached hydrogen (secondary N) is 1. The molecule has 0 saturated carbocycles. The van der Waals surface area contributed by atoms with Crippen molar-refractivity contribution in [1.29, 1.82) is 0 Å². The van der Waals surface area contributed by atoms with Crippen LogP contribution < -0.4 is 10.5 Å². The van der Waals surface area contributed by atoms with Crippen molar-refractivity contribution in [3.8, 4) is 5.75 Å². The molecule has 0 unspecified atom stereocenters. The molecule has 0 radical (unpaired) electrons. The van der Waals surface area contributed by atoms with Crippen LogP contribution in [0, 0.1) is 0 Å². The molecule has 0 saturated heterocycles. The molecule has 1 aromatic carbocycles. The lowest BCUT2D eigenvalue weighted by atomic mass is 9.80. The maximum Gasteiger partial charge on any atom is 0.239 e. The normalized spacial score (nSPS) is 12.5. The lowest BCUT2D eigenvalue weighted by Gasteiger charge is -2.27. The molecule has 0 atom stereocenters. The Labute approximate surface area is 132 Å². The van der Waals surface area contributed by atoms with Crippen molar-refractivity contribution >= 4 is 5.95 Å². The summed E-state index contributed by atoms with van der Waals surface area (Å²) >= 11 is 0.